The lowest BCUT2D eigenvalue weighted by Crippen LogP contribution is -2.39. The smallest absolute Gasteiger partial charge is 0.338 e. The van der Waals surface area contributed by atoms with Crippen LogP contribution >= 0.6 is 22.7 Å². The lowest BCUT2D eigenvalue weighted by atomic mass is 9.97. The van der Waals surface area contributed by atoms with Crippen molar-refractivity contribution in [2.45, 2.75) is 26.5 Å². The van der Waals surface area contributed by atoms with Gasteiger partial charge in [0.15, 0.2) is 16.3 Å². The molecule has 1 atom stereocenters. The fraction of sp³-hybridized carbons (Fsp3) is 0.167. The predicted molar refractivity (Wildman–Crippen MR) is 178 cm³/mol. The molecule has 6 rings (SSSR count). The number of rotatable bonds is 10. The van der Waals surface area contributed by atoms with Crippen molar-refractivity contribution in [1.29, 1.82) is 5.26 Å². The van der Waals surface area contributed by atoms with Gasteiger partial charge in [-0.3, -0.25) is 9.36 Å². The van der Waals surface area contributed by atoms with E-state index in [1.54, 1.807) is 29.7 Å². The number of hydrogen-bond donors (Lipinski definition) is 0. The summed E-state index contributed by atoms with van der Waals surface area (Å²) in [5.41, 5.74) is 3.38. The van der Waals surface area contributed by atoms with Crippen LogP contribution in [-0.2, 0) is 16.1 Å². The van der Waals surface area contributed by atoms with E-state index in [0.29, 0.717) is 44.3 Å². The number of esters is 1. The lowest BCUT2D eigenvalue weighted by Gasteiger charge is -2.24. The van der Waals surface area contributed by atoms with E-state index in [2.05, 4.69) is 6.07 Å². The molecule has 3 aromatic carbocycles. The minimum atomic E-state index is -0.696. The second kappa shape index (κ2) is 13.8. The molecule has 0 spiro atoms. The number of benzene rings is 3. The van der Waals surface area contributed by atoms with Crippen molar-refractivity contribution >= 4 is 40.4 Å². The number of nitriles is 1. The molecule has 2 aromatic heterocycles. The third-order valence-electron chi connectivity index (χ3n) is 7.27. The molecule has 0 aliphatic carbocycles. The molecule has 0 unspecified atom stereocenters. The van der Waals surface area contributed by atoms with E-state index >= 15 is 0 Å². The van der Waals surface area contributed by atoms with Crippen LogP contribution in [-0.4, -0.2) is 23.8 Å². The van der Waals surface area contributed by atoms with Gasteiger partial charge in [-0.15, -0.1) is 11.3 Å². The molecule has 1 aliphatic heterocycles. The second-order valence-corrected chi connectivity index (χ2v) is 12.1. The van der Waals surface area contributed by atoms with Crippen molar-refractivity contribution in [3.8, 4) is 17.6 Å². The number of carbonyl (C=O) groups excluding carboxylic acids is 1. The molecule has 0 N–H and O–H groups in total. The van der Waals surface area contributed by atoms with Crippen molar-refractivity contribution in [2.24, 2.45) is 4.99 Å². The Morgan fingerprint density at radius 2 is 1.78 bits per heavy atom. The number of fused-ring (bicyclic) bond motifs is 1. The molecule has 0 saturated carbocycles. The minimum Gasteiger partial charge on any atom is -0.490 e. The van der Waals surface area contributed by atoms with Gasteiger partial charge in [0.25, 0.3) is 5.56 Å². The summed E-state index contributed by atoms with van der Waals surface area (Å²) in [5.74, 6) is 0.537. The summed E-state index contributed by atoms with van der Waals surface area (Å²) >= 11 is 2.73. The third-order valence-corrected chi connectivity index (χ3v) is 9.18. The van der Waals surface area contributed by atoms with Crippen LogP contribution in [0, 0.1) is 11.3 Å². The van der Waals surface area contributed by atoms with Gasteiger partial charge in [0.1, 0.15) is 12.6 Å². The van der Waals surface area contributed by atoms with Crippen LogP contribution in [0.15, 0.2) is 106 Å². The Hall–Kier alpha value is -5.24. The molecule has 0 amide bonds. The number of hydrogen-bond acceptors (Lipinski definition) is 9. The first-order valence-corrected chi connectivity index (χ1v) is 16.4. The monoisotopic (exact) mass is 647 g/mol. The van der Waals surface area contributed by atoms with Crippen LogP contribution in [0.2, 0.25) is 0 Å². The lowest BCUT2D eigenvalue weighted by molar-refractivity contribution is -0.138. The van der Waals surface area contributed by atoms with Crippen molar-refractivity contribution in [3.05, 3.63) is 143 Å². The Kier molecular flexibility index (Phi) is 9.24. The molecule has 230 valence electrons. The summed E-state index contributed by atoms with van der Waals surface area (Å²) in [6.45, 7) is 4.45. The molecule has 3 heterocycles. The van der Waals surface area contributed by atoms with Gasteiger partial charge in [0.2, 0.25) is 0 Å². The van der Waals surface area contributed by atoms with Gasteiger partial charge >= 0.3 is 5.97 Å². The van der Waals surface area contributed by atoms with E-state index in [1.807, 2.05) is 85.1 Å². The van der Waals surface area contributed by atoms with E-state index in [-0.39, 0.29) is 18.8 Å². The van der Waals surface area contributed by atoms with E-state index in [4.69, 9.17) is 19.2 Å². The number of thiazole rings is 1. The Morgan fingerprint density at radius 1 is 0.978 bits per heavy atom. The maximum Gasteiger partial charge on any atom is 0.338 e. The molecular weight excluding hydrogens is 619 g/mol. The number of carbonyl (C=O) groups is 1. The summed E-state index contributed by atoms with van der Waals surface area (Å²) in [7, 11) is 0. The summed E-state index contributed by atoms with van der Waals surface area (Å²) in [6, 6.07) is 27.5. The van der Waals surface area contributed by atoms with Crippen LogP contribution < -0.4 is 24.4 Å². The van der Waals surface area contributed by atoms with Crippen LogP contribution in [0.3, 0.4) is 0 Å². The topological polar surface area (TPSA) is 103 Å². The van der Waals surface area contributed by atoms with E-state index < -0.39 is 12.0 Å². The maximum absolute atomic E-state index is 14.1. The van der Waals surface area contributed by atoms with Crippen molar-refractivity contribution in [2.75, 3.05) is 13.2 Å². The van der Waals surface area contributed by atoms with Crippen LogP contribution in [0.4, 0.5) is 0 Å². The third kappa shape index (κ3) is 6.15. The van der Waals surface area contributed by atoms with Gasteiger partial charge in [-0.05, 0) is 55.1 Å². The van der Waals surface area contributed by atoms with Crippen LogP contribution in [0.25, 0.3) is 11.8 Å². The summed E-state index contributed by atoms with van der Waals surface area (Å²) < 4.78 is 19.5. The molecule has 5 aromatic rings. The summed E-state index contributed by atoms with van der Waals surface area (Å²) in [4.78, 5) is 33.8. The molecule has 1 aliphatic rings. The largest absolute Gasteiger partial charge is 0.490 e. The molecule has 8 nitrogen and oxygen atoms in total. The van der Waals surface area contributed by atoms with Crippen molar-refractivity contribution < 1.29 is 19.0 Å². The van der Waals surface area contributed by atoms with E-state index in [9.17, 15) is 14.9 Å². The van der Waals surface area contributed by atoms with Crippen LogP contribution in [0.1, 0.15) is 47.0 Å². The number of aromatic nitrogens is 1. The zero-order valence-electron chi connectivity index (χ0n) is 25.1. The Bertz CT molecular complexity index is 2140. The number of ether oxygens (including phenoxy) is 3. The summed E-state index contributed by atoms with van der Waals surface area (Å²) in [6.07, 6.45) is 1.79. The van der Waals surface area contributed by atoms with Gasteiger partial charge in [0.05, 0.1) is 40.6 Å². The molecule has 0 radical (unpaired) electrons. The van der Waals surface area contributed by atoms with Gasteiger partial charge in [-0.1, -0.05) is 72.0 Å². The zero-order valence-corrected chi connectivity index (χ0v) is 26.8. The normalized spacial score (nSPS) is 14.3. The minimum absolute atomic E-state index is 0.193. The molecular formula is C36H29N3O5S2. The predicted octanol–water partition coefficient (Wildman–Crippen LogP) is 5.85. The van der Waals surface area contributed by atoms with E-state index in [0.717, 1.165) is 21.6 Å². The fourth-order valence-corrected chi connectivity index (χ4v) is 7.05. The molecule has 0 fully saturated rings. The standard InChI is InChI=1S/C36H29N3O5S2/c1-3-42-28-19-23(16-17-27(28)44-22-26-14-9-8-13-25(26)21-37)20-30-34(40)39-33(29-15-10-18-45-29)31(35(41)43-4-2)32(38-36(39)46-30)24-11-6-5-7-12-24/h5-20,33H,3-4,22H2,1-2H3/b30-20+/t33-/m1/s1. The average molecular weight is 648 g/mol. The molecule has 10 heteroatoms. The van der Waals surface area contributed by atoms with Gasteiger partial charge in [0, 0.05) is 16.0 Å². The highest BCUT2D eigenvalue weighted by Gasteiger charge is 2.35. The quantitative estimate of drug-likeness (QED) is 0.176. The molecule has 0 bridgehead atoms. The van der Waals surface area contributed by atoms with Crippen LogP contribution in [0.5, 0.6) is 11.5 Å². The van der Waals surface area contributed by atoms with Crippen molar-refractivity contribution in [3.63, 3.8) is 0 Å². The van der Waals surface area contributed by atoms with E-state index in [1.165, 1.54) is 22.7 Å². The van der Waals surface area contributed by atoms with Gasteiger partial charge in [-0.25, -0.2) is 9.79 Å². The average Bonchev–Trinajstić information content (AvgIpc) is 3.72. The highest BCUT2D eigenvalue weighted by atomic mass is 32.1. The highest BCUT2D eigenvalue weighted by Crippen LogP contribution is 2.37. The van der Waals surface area contributed by atoms with Crippen molar-refractivity contribution in [1.82, 2.24) is 4.57 Å². The second-order valence-electron chi connectivity index (χ2n) is 10.1. The van der Waals surface area contributed by atoms with Gasteiger partial charge in [-0.2, -0.15) is 5.26 Å². The Balaban J connectivity index is 1.44. The first-order valence-electron chi connectivity index (χ1n) is 14.7. The Labute approximate surface area is 273 Å². The Morgan fingerprint density at radius 3 is 2.52 bits per heavy atom. The molecule has 0 saturated heterocycles. The maximum atomic E-state index is 14.1. The highest BCUT2D eigenvalue weighted by molar-refractivity contribution is 7.10. The number of nitrogens with zero attached hydrogens (tertiary/aromatic N) is 3. The first kappa shape index (κ1) is 30.8. The number of thiophene rings is 1. The SMILES string of the molecule is CCOC(=O)C1=C(c2ccccc2)N=c2s/c(=C/c3ccc(OCc4ccccc4C#N)c(OCC)c3)c(=O)n2[C@@H]1c1cccs1. The molecule has 46 heavy (non-hydrogen) atoms. The summed E-state index contributed by atoms with van der Waals surface area (Å²) in [5, 5.41) is 11.4. The fourth-order valence-electron chi connectivity index (χ4n) is 5.22. The zero-order chi connectivity index (χ0) is 32.0. The van der Waals surface area contributed by atoms with Gasteiger partial charge < -0.3 is 14.2 Å². The first-order chi connectivity index (χ1) is 22.5.